The first-order chi connectivity index (χ1) is 25.3. The predicted octanol–water partition coefficient (Wildman–Crippen LogP) is 12.4. The second-order valence-corrected chi connectivity index (χ2v) is 14.1. The number of fused-ring (bicyclic) bond motifs is 9. The molecule has 0 radical (unpaired) electrons. The molecule has 0 bridgehead atoms. The summed E-state index contributed by atoms with van der Waals surface area (Å²) in [7, 11) is 0. The Morgan fingerprint density at radius 2 is 1.06 bits per heavy atom. The molecule has 0 spiro atoms. The summed E-state index contributed by atoms with van der Waals surface area (Å²) in [5.41, 5.74) is 10.0. The number of benzene rings is 7. The van der Waals surface area contributed by atoms with Crippen molar-refractivity contribution in [1.82, 2.24) is 19.1 Å². The molecule has 238 valence electrons. The Hall–Kier alpha value is -6.56. The summed E-state index contributed by atoms with van der Waals surface area (Å²) >= 11 is 1.87. The molecule has 11 rings (SSSR count). The first-order valence-corrected chi connectivity index (χ1v) is 18.0. The second-order valence-electron chi connectivity index (χ2n) is 13.0. The van der Waals surface area contributed by atoms with Gasteiger partial charge in [-0.25, -0.2) is 9.97 Å². The monoisotopic (exact) mass is 668 g/mol. The standard InChI is InChI=1S/C46H28N4S/c1-5-19-40-33(13-1)34-14-2-6-20-41(34)49(40)31-12-9-11-30(27-31)39-25-26-47-46(48-39)50-42-21-7-3-15-35(42)38-28-29(23-24-43(38)50)32-17-10-18-37-36-16-4-8-22-44(36)51-45(32)37/h1-28H. The maximum atomic E-state index is 5.22. The lowest BCUT2D eigenvalue weighted by atomic mass is 10.0. The molecular weight excluding hydrogens is 641 g/mol. The van der Waals surface area contributed by atoms with Crippen LogP contribution in [0.5, 0.6) is 0 Å². The zero-order valence-electron chi connectivity index (χ0n) is 27.4. The van der Waals surface area contributed by atoms with Gasteiger partial charge in [0.25, 0.3) is 0 Å². The third kappa shape index (κ3) is 4.25. The molecule has 0 aliphatic heterocycles. The van der Waals surface area contributed by atoms with Crippen molar-refractivity contribution in [3.05, 3.63) is 170 Å². The van der Waals surface area contributed by atoms with Crippen LogP contribution in [0.2, 0.25) is 0 Å². The van der Waals surface area contributed by atoms with Gasteiger partial charge in [-0.15, -0.1) is 11.3 Å². The van der Waals surface area contributed by atoms with E-state index in [2.05, 4.69) is 167 Å². The molecule has 4 heterocycles. The molecular formula is C46H28N4S. The number of hydrogen-bond donors (Lipinski definition) is 0. The highest BCUT2D eigenvalue weighted by Crippen LogP contribution is 2.42. The minimum Gasteiger partial charge on any atom is -0.309 e. The molecule has 0 amide bonds. The van der Waals surface area contributed by atoms with E-state index in [4.69, 9.17) is 9.97 Å². The van der Waals surface area contributed by atoms with Crippen LogP contribution in [0.3, 0.4) is 0 Å². The van der Waals surface area contributed by atoms with Gasteiger partial charge in [0.15, 0.2) is 0 Å². The lowest BCUT2D eigenvalue weighted by molar-refractivity contribution is 0.992. The van der Waals surface area contributed by atoms with Crippen molar-refractivity contribution >= 4 is 75.1 Å². The van der Waals surface area contributed by atoms with Crippen molar-refractivity contribution in [2.75, 3.05) is 0 Å². The molecule has 7 aromatic carbocycles. The summed E-state index contributed by atoms with van der Waals surface area (Å²) in [4.78, 5) is 10.1. The van der Waals surface area contributed by atoms with Crippen LogP contribution in [0, 0.1) is 0 Å². The summed E-state index contributed by atoms with van der Waals surface area (Å²) < 4.78 is 7.19. The van der Waals surface area contributed by atoms with Gasteiger partial charge in [0, 0.05) is 59.2 Å². The molecule has 0 N–H and O–H groups in total. The van der Waals surface area contributed by atoms with Crippen molar-refractivity contribution in [2.24, 2.45) is 0 Å². The van der Waals surface area contributed by atoms with Crippen molar-refractivity contribution in [3.63, 3.8) is 0 Å². The van der Waals surface area contributed by atoms with Gasteiger partial charge in [0.1, 0.15) is 0 Å². The minimum atomic E-state index is 0.653. The van der Waals surface area contributed by atoms with Gasteiger partial charge in [-0.1, -0.05) is 109 Å². The zero-order chi connectivity index (χ0) is 33.5. The maximum absolute atomic E-state index is 5.22. The van der Waals surface area contributed by atoms with Crippen LogP contribution in [0.25, 0.3) is 97.8 Å². The van der Waals surface area contributed by atoms with Gasteiger partial charge in [-0.3, -0.25) is 4.57 Å². The van der Waals surface area contributed by atoms with E-state index < -0.39 is 0 Å². The van der Waals surface area contributed by atoms with E-state index >= 15 is 0 Å². The molecule has 0 aliphatic carbocycles. The number of aromatic nitrogens is 4. The number of para-hydroxylation sites is 3. The quantitative estimate of drug-likeness (QED) is 0.187. The van der Waals surface area contributed by atoms with E-state index in [1.165, 1.54) is 63.9 Å². The Bertz CT molecular complexity index is 3110. The van der Waals surface area contributed by atoms with Gasteiger partial charge in [0.2, 0.25) is 5.95 Å². The zero-order valence-corrected chi connectivity index (χ0v) is 28.2. The Balaban J connectivity index is 1.06. The Morgan fingerprint density at radius 1 is 0.431 bits per heavy atom. The SMILES string of the molecule is c1cc(-c2ccnc(-n3c4ccccc4c4cc(-c5cccc6c5sc5ccccc56)ccc43)n2)cc(-n2c3ccccc3c3ccccc32)c1. The molecule has 0 atom stereocenters. The molecule has 0 aliphatic rings. The fourth-order valence-corrected chi connectivity index (χ4v) is 9.19. The van der Waals surface area contributed by atoms with Gasteiger partial charge < -0.3 is 4.57 Å². The molecule has 0 saturated carbocycles. The minimum absolute atomic E-state index is 0.653. The van der Waals surface area contributed by atoms with Gasteiger partial charge >= 0.3 is 0 Å². The van der Waals surface area contributed by atoms with E-state index in [0.717, 1.165) is 28.0 Å². The fourth-order valence-electron chi connectivity index (χ4n) is 7.95. The number of nitrogens with zero attached hydrogens (tertiary/aromatic N) is 4. The summed E-state index contributed by atoms with van der Waals surface area (Å²) in [6.07, 6.45) is 1.88. The van der Waals surface area contributed by atoms with Crippen molar-refractivity contribution in [2.45, 2.75) is 0 Å². The highest BCUT2D eigenvalue weighted by Gasteiger charge is 2.18. The van der Waals surface area contributed by atoms with Crippen LogP contribution < -0.4 is 0 Å². The van der Waals surface area contributed by atoms with E-state index in [1.807, 2.05) is 23.6 Å². The molecule has 11 aromatic rings. The van der Waals surface area contributed by atoms with E-state index in [0.29, 0.717) is 5.95 Å². The molecule has 0 fully saturated rings. The van der Waals surface area contributed by atoms with Crippen LogP contribution in [0.1, 0.15) is 0 Å². The number of rotatable bonds is 4. The lowest BCUT2D eigenvalue weighted by Crippen LogP contribution is -2.02. The van der Waals surface area contributed by atoms with Crippen molar-refractivity contribution in [3.8, 4) is 34.0 Å². The highest BCUT2D eigenvalue weighted by atomic mass is 32.1. The van der Waals surface area contributed by atoms with Crippen molar-refractivity contribution in [1.29, 1.82) is 0 Å². The van der Waals surface area contributed by atoms with Gasteiger partial charge in [-0.2, -0.15) is 0 Å². The maximum Gasteiger partial charge on any atom is 0.235 e. The average Bonchev–Trinajstić information content (AvgIpc) is 3.86. The third-order valence-electron chi connectivity index (χ3n) is 10.2. The molecule has 4 nitrogen and oxygen atoms in total. The topological polar surface area (TPSA) is 35.6 Å². The number of hydrogen-bond acceptors (Lipinski definition) is 3. The van der Waals surface area contributed by atoms with Crippen LogP contribution >= 0.6 is 11.3 Å². The summed E-state index contributed by atoms with van der Waals surface area (Å²) in [6.45, 7) is 0. The van der Waals surface area contributed by atoms with Crippen molar-refractivity contribution < 1.29 is 0 Å². The molecule has 51 heavy (non-hydrogen) atoms. The fraction of sp³-hybridized carbons (Fsp3) is 0. The summed E-state index contributed by atoms with van der Waals surface area (Å²) in [5, 5.41) is 7.48. The van der Waals surface area contributed by atoms with E-state index in [1.54, 1.807) is 0 Å². The Labute approximate surface area is 297 Å². The second kappa shape index (κ2) is 11.0. The van der Waals surface area contributed by atoms with Gasteiger partial charge in [-0.05, 0) is 65.7 Å². The van der Waals surface area contributed by atoms with Crippen LogP contribution in [0.4, 0.5) is 0 Å². The summed E-state index contributed by atoms with van der Waals surface area (Å²) in [5.74, 6) is 0.653. The Kier molecular flexibility index (Phi) is 6.09. The number of thiophene rings is 1. The first-order valence-electron chi connectivity index (χ1n) is 17.2. The lowest BCUT2D eigenvalue weighted by Gasteiger charge is -2.11. The smallest absolute Gasteiger partial charge is 0.235 e. The third-order valence-corrected chi connectivity index (χ3v) is 11.4. The first kappa shape index (κ1) is 28.3. The van der Waals surface area contributed by atoms with Crippen LogP contribution in [-0.4, -0.2) is 19.1 Å². The summed E-state index contributed by atoms with van der Waals surface area (Å²) in [6, 6.07) is 58.7. The van der Waals surface area contributed by atoms with E-state index in [9.17, 15) is 0 Å². The van der Waals surface area contributed by atoms with Gasteiger partial charge in [0.05, 0.1) is 27.8 Å². The largest absolute Gasteiger partial charge is 0.309 e. The molecule has 5 heteroatoms. The van der Waals surface area contributed by atoms with Crippen LogP contribution in [0.15, 0.2) is 170 Å². The highest BCUT2D eigenvalue weighted by molar-refractivity contribution is 7.26. The molecule has 4 aromatic heterocycles. The normalized spacial score (nSPS) is 11.9. The predicted molar refractivity (Wildman–Crippen MR) is 214 cm³/mol. The molecule has 0 unspecified atom stereocenters. The van der Waals surface area contributed by atoms with E-state index in [-0.39, 0.29) is 0 Å². The molecule has 0 saturated heterocycles. The Morgan fingerprint density at radius 3 is 1.84 bits per heavy atom. The van der Waals surface area contributed by atoms with Crippen LogP contribution in [-0.2, 0) is 0 Å². The average molecular weight is 669 g/mol.